The van der Waals surface area contributed by atoms with Crippen molar-refractivity contribution >= 4 is 35.9 Å². The Labute approximate surface area is 157 Å². The third-order valence-electron chi connectivity index (χ3n) is 4.26. The van der Waals surface area contributed by atoms with Crippen molar-refractivity contribution in [3.05, 3.63) is 28.4 Å². The number of rotatable bonds is 5. The van der Waals surface area contributed by atoms with Gasteiger partial charge in [-0.05, 0) is 18.4 Å². The first-order valence-electron chi connectivity index (χ1n) is 8.11. The molecule has 11 heteroatoms. The molecule has 0 unspecified atom stereocenters. The van der Waals surface area contributed by atoms with E-state index in [0.717, 1.165) is 12.6 Å². The van der Waals surface area contributed by atoms with Crippen LogP contribution in [-0.2, 0) is 4.79 Å². The molecule has 2 rings (SSSR count). The molecule has 3 amide bonds. The lowest BCUT2D eigenvalue weighted by Crippen LogP contribution is -2.53. The Bertz CT molecular complexity index is 656. The molecule has 26 heavy (non-hydrogen) atoms. The van der Waals surface area contributed by atoms with Crippen LogP contribution < -0.4 is 11.1 Å². The van der Waals surface area contributed by atoms with E-state index in [4.69, 9.17) is 5.73 Å². The van der Waals surface area contributed by atoms with Crippen LogP contribution in [0.2, 0.25) is 0 Å². The summed E-state index contributed by atoms with van der Waals surface area (Å²) in [7, 11) is 0. The molecule has 0 aliphatic carbocycles. The molecule has 1 saturated heterocycles. The molecule has 3 N–H and O–H groups in total. The molecule has 1 aliphatic rings. The van der Waals surface area contributed by atoms with Gasteiger partial charge in [-0.2, -0.15) is 0 Å². The van der Waals surface area contributed by atoms with Crippen molar-refractivity contribution in [2.75, 3.05) is 18.4 Å². The van der Waals surface area contributed by atoms with Crippen molar-refractivity contribution in [1.29, 1.82) is 0 Å². The van der Waals surface area contributed by atoms with E-state index in [2.05, 4.69) is 10.3 Å². The van der Waals surface area contributed by atoms with Crippen molar-refractivity contribution in [3.63, 3.8) is 0 Å². The van der Waals surface area contributed by atoms with Gasteiger partial charge >= 0.3 is 6.03 Å². The minimum atomic E-state index is -0.670. The van der Waals surface area contributed by atoms with Gasteiger partial charge in [-0.15, -0.1) is 12.4 Å². The van der Waals surface area contributed by atoms with Crippen molar-refractivity contribution in [2.24, 2.45) is 11.7 Å². The summed E-state index contributed by atoms with van der Waals surface area (Å²) < 4.78 is 0. The smallest absolute Gasteiger partial charge is 0.320 e. The zero-order valence-corrected chi connectivity index (χ0v) is 15.4. The summed E-state index contributed by atoms with van der Waals surface area (Å²) in [4.78, 5) is 38.8. The average molecular weight is 387 g/mol. The predicted molar refractivity (Wildman–Crippen MR) is 97.6 cm³/mol. The van der Waals surface area contributed by atoms with Crippen molar-refractivity contribution in [3.8, 4) is 0 Å². The monoisotopic (exact) mass is 386 g/mol. The Kier molecular flexibility index (Phi) is 7.72. The first kappa shape index (κ1) is 21.6. The summed E-state index contributed by atoms with van der Waals surface area (Å²) in [5, 5.41) is 15.8. The second-order valence-electron chi connectivity index (χ2n) is 5.94. The number of aromatic nitrogens is 1. The van der Waals surface area contributed by atoms with E-state index in [-0.39, 0.29) is 35.7 Å². The molecule has 10 nitrogen and oxygen atoms in total. The standard InChI is InChI=1S/C15H22N6O4.ClH/c1-3-10(2)13(16)14(22)19-7-4-8-20(19)15(23)18-12-6-5-11(9-17-12)21(24)25;/h5-6,9-10,13H,3-4,7-8,16H2,1-2H3,(H,17,18,23);1H/t10-,13-;/m0./s1. The first-order valence-corrected chi connectivity index (χ1v) is 8.11. The summed E-state index contributed by atoms with van der Waals surface area (Å²) in [5.41, 5.74) is 5.81. The summed E-state index contributed by atoms with van der Waals surface area (Å²) in [6.45, 7) is 4.65. The van der Waals surface area contributed by atoms with Gasteiger partial charge in [0.2, 0.25) is 0 Å². The normalized spacial score (nSPS) is 15.8. The molecule has 0 radical (unpaired) electrons. The Morgan fingerprint density at radius 2 is 2.04 bits per heavy atom. The largest absolute Gasteiger partial charge is 0.341 e. The number of anilines is 1. The van der Waals surface area contributed by atoms with E-state index in [9.17, 15) is 19.7 Å². The molecule has 2 atom stereocenters. The molecule has 0 spiro atoms. The summed E-state index contributed by atoms with van der Waals surface area (Å²) in [6, 6.07) is 1.39. The summed E-state index contributed by atoms with van der Waals surface area (Å²) in [5.74, 6) is -0.117. The van der Waals surface area contributed by atoms with E-state index >= 15 is 0 Å². The number of hydrogen-bond acceptors (Lipinski definition) is 6. The van der Waals surface area contributed by atoms with Crippen LogP contribution in [0.15, 0.2) is 18.3 Å². The molecule has 144 valence electrons. The fourth-order valence-corrected chi connectivity index (χ4v) is 2.46. The van der Waals surface area contributed by atoms with E-state index in [1.165, 1.54) is 22.2 Å². The SMILES string of the molecule is CC[C@H](C)[C@H](N)C(=O)N1CCCN1C(=O)Nc1ccc([N+](=O)[O-])cn1.Cl. The third-order valence-corrected chi connectivity index (χ3v) is 4.26. The van der Waals surface area contributed by atoms with E-state index < -0.39 is 17.0 Å². The molecule has 1 aromatic heterocycles. The van der Waals surface area contributed by atoms with Gasteiger partial charge in [-0.25, -0.2) is 19.8 Å². The molecule has 0 aromatic carbocycles. The van der Waals surface area contributed by atoms with Crippen LogP contribution >= 0.6 is 12.4 Å². The summed E-state index contributed by atoms with van der Waals surface area (Å²) in [6.07, 6.45) is 2.47. The molecule has 1 aliphatic heterocycles. The highest BCUT2D eigenvalue weighted by Gasteiger charge is 2.34. The van der Waals surface area contributed by atoms with Crippen LogP contribution in [0, 0.1) is 16.0 Å². The van der Waals surface area contributed by atoms with Crippen LogP contribution in [-0.4, -0.2) is 51.0 Å². The van der Waals surface area contributed by atoms with E-state index in [1.807, 2.05) is 13.8 Å². The molecule has 0 bridgehead atoms. The zero-order valence-electron chi connectivity index (χ0n) is 14.6. The van der Waals surface area contributed by atoms with Crippen LogP contribution in [0.25, 0.3) is 0 Å². The van der Waals surface area contributed by atoms with Gasteiger partial charge in [0.15, 0.2) is 0 Å². The maximum atomic E-state index is 12.5. The van der Waals surface area contributed by atoms with Gasteiger partial charge in [0, 0.05) is 19.2 Å². The Balaban J connectivity index is 0.00000338. The maximum absolute atomic E-state index is 12.5. The number of carbonyl (C=O) groups is 2. The van der Waals surface area contributed by atoms with Gasteiger partial charge in [-0.1, -0.05) is 20.3 Å². The number of nitrogens with zero attached hydrogens (tertiary/aromatic N) is 4. The van der Waals surface area contributed by atoms with Crippen LogP contribution in [0.1, 0.15) is 26.7 Å². The van der Waals surface area contributed by atoms with Crippen LogP contribution in [0.4, 0.5) is 16.3 Å². The van der Waals surface area contributed by atoms with E-state index in [0.29, 0.717) is 19.5 Å². The van der Waals surface area contributed by atoms with Crippen LogP contribution in [0.3, 0.4) is 0 Å². The van der Waals surface area contributed by atoms with Crippen molar-refractivity contribution in [2.45, 2.75) is 32.7 Å². The molecule has 2 heterocycles. The first-order chi connectivity index (χ1) is 11.8. The Morgan fingerprint density at radius 3 is 2.58 bits per heavy atom. The predicted octanol–water partition coefficient (Wildman–Crippen LogP) is 1.77. The number of hydrogen-bond donors (Lipinski definition) is 2. The number of amides is 3. The number of carbonyl (C=O) groups excluding carboxylic acids is 2. The quantitative estimate of drug-likeness (QED) is 0.584. The Hall–Kier alpha value is -2.46. The van der Waals surface area contributed by atoms with Crippen LogP contribution in [0.5, 0.6) is 0 Å². The number of nitro groups is 1. The molecule has 0 saturated carbocycles. The zero-order chi connectivity index (χ0) is 18.6. The van der Waals surface area contributed by atoms with Gasteiger partial charge < -0.3 is 5.73 Å². The number of pyridine rings is 1. The lowest BCUT2D eigenvalue weighted by Gasteiger charge is -2.31. The topological polar surface area (TPSA) is 135 Å². The van der Waals surface area contributed by atoms with Crippen molar-refractivity contribution in [1.82, 2.24) is 15.0 Å². The number of halogens is 1. The van der Waals surface area contributed by atoms with Gasteiger partial charge in [0.1, 0.15) is 12.0 Å². The average Bonchev–Trinajstić information content (AvgIpc) is 3.10. The minimum Gasteiger partial charge on any atom is -0.320 e. The molecular formula is C15H23ClN6O4. The third kappa shape index (κ3) is 4.79. The maximum Gasteiger partial charge on any atom is 0.341 e. The second kappa shape index (κ2) is 9.30. The van der Waals surface area contributed by atoms with Gasteiger partial charge in [-0.3, -0.25) is 20.2 Å². The lowest BCUT2D eigenvalue weighted by atomic mass is 9.99. The highest BCUT2D eigenvalue weighted by Crippen LogP contribution is 2.18. The molecular weight excluding hydrogens is 364 g/mol. The molecule has 1 fully saturated rings. The highest BCUT2D eigenvalue weighted by atomic mass is 35.5. The fourth-order valence-electron chi connectivity index (χ4n) is 2.46. The van der Waals surface area contributed by atoms with Crippen molar-refractivity contribution < 1.29 is 14.5 Å². The highest BCUT2D eigenvalue weighted by molar-refractivity contribution is 5.91. The summed E-state index contributed by atoms with van der Waals surface area (Å²) >= 11 is 0. The second-order valence-corrected chi connectivity index (χ2v) is 5.94. The Morgan fingerprint density at radius 1 is 1.38 bits per heavy atom. The van der Waals surface area contributed by atoms with Gasteiger partial charge in [0.05, 0.1) is 11.0 Å². The van der Waals surface area contributed by atoms with Gasteiger partial charge in [0.25, 0.3) is 11.6 Å². The fraction of sp³-hybridized carbons (Fsp3) is 0.533. The molecule has 1 aromatic rings. The van der Waals surface area contributed by atoms with E-state index in [1.54, 1.807) is 0 Å². The minimum absolute atomic E-state index is 0. The number of nitrogens with two attached hydrogens (primary N) is 1. The number of urea groups is 1. The number of hydrazine groups is 1. The number of nitrogens with one attached hydrogen (secondary N) is 1. The lowest BCUT2D eigenvalue weighted by molar-refractivity contribution is -0.385.